The summed E-state index contributed by atoms with van der Waals surface area (Å²) in [7, 11) is -6.84. The summed E-state index contributed by atoms with van der Waals surface area (Å²) in [5, 5.41) is 0. The quantitative estimate of drug-likeness (QED) is 0.596. The maximum absolute atomic E-state index is 13.4. The van der Waals surface area contributed by atoms with E-state index in [0.717, 1.165) is 16.7 Å². The molecular weight excluding hydrogens is 434 g/mol. The lowest BCUT2D eigenvalue weighted by Gasteiger charge is -2.33. The van der Waals surface area contributed by atoms with Crippen LogP contribution in [0, 0.1) is 0 Å². The average Bonchev–Trinajstić information content (AvgIpc) is 2.66. The van der Waals surface area contributed by atoms with Gasteiger partial charge >= 0.3 is 0 Å². The fourth-order valence-electron chi connectivity index (χ4n) is 3.89. The van der Waals surface area contributed by atoms with E-state index in [1.807, 2.05) is 39.8 Å². The van der Waals surface area contributed by atoms with Crippen molar-refractivity contribution in [1.29, 1.82) is 0 Å². The molecule has 0 bridgehead atoms. The van der Waals surface area contributed by atoms with Gasteiger partial charge in [0, 0.05) is 39.3 Å². The second-order valence-electron chi connectivity index (χ2n) is 9.39. The first-order valence-electron chi connectivity index (χ1n) is 11.1. The highest BCUT2D eigenvalue weighted by Gasteiger charge is 2.27. The van der Waals surface area contributed by atoms with Gasteiger partial charge in [-0.3, -0.25) is 4.90 Å². The SMILES string of the molecule is CC(C)c1cc(C(C)C)c(S(=O)(=O)NCCN2CCN(S(C)(=O)=O)CC2)c(C(C)C)c1. The van der Waals surface area contributed by atoms with Crippen molar-refractivity contribution < 1.29 is 16.8 Å². The minimum atomic E-state index is -3.67. The lowest BCUT2D eigenvalue weighted by Crippen LogP contribution is -2.49. The first-order chi connectivity index (χ1) is 14.2. The zero-order chi connectivity index (χ0) is 23.6. The summed E-state index contributed by atoms with van der Waals surface area (Å²) in [6.07, 6.45) is 1.22. The molecule has 1 aliphatic heterocycles. The number of nitrogens with zero attached hydrogens (tertiary/aromatic N) is 2. The van der Waals surface area contributed by atoms with E-state index >= 15 is 0 Å². The Morgan fingerprint density at radius 3 is 1.71 bits per heavy atom. The van der Waals surface area contributed by atoms with E-state index in [9.17, 15) is 16.8 Å². The van der Waals surface area contributed by atoms with Gasteiger partial charge in [-0.2, -0.15) is 4.31 Å². The Hall–Kier alpha value is -1.00. The summed E-state index contributed by atoms with van der Waals surface area (Å²) >= 11 is 0. The predicted octanol–water partition coefficient (Wildman–Crippen LogP) is 2.91. The number of hydrogen-bond donors (Lipinski definition) is 1. The van der Waals surface area contributed by atoms with Gasteiger partial charge in [0.05, 0.1) is 11.2 Å². The zero-order valence-electron chi connectivity index (χ0n) is 20.0. The van der Waals surface area contributed by atoms with Crippen LogP contribution in [0.4, 0.5) is 0 Å². The van der Waals surface area contributed by atoms with Crippen molar-refractivity contribution in [2.45, 2.75) is 64.2 Å². The summed E-state index contributed by atoms with van der Waals surface area (Å²) in [6, 6.07) is 4.08. The van der Waals surface area contributed by atoms with E-state index < -0.39 is 20.0 Å². The zero-order valence-corrected chi connectivity index (χ0v) is 21.6. The van der Waals surface area contributed by atoms with Gasteiger partial charge in [-0.15, -0.1) is 0 Å². The number of sulfonamides is 2. The number of piperazine rings is 1. The highest BCUT2D eigenvalue weighted by molar-refractivity contribution is 7.89. The van der Waals surface area contributed by atoms with Crippen LogP contribution in [0.5, 0.6) is 0 Å². The molecule has 1 aromatic rings. The van der Waals surface area contributed by atoms with Gasteiger partial charge in [0.15, 0.2) is 0 Å². The molecule has 1 aromatic carbocycles. The largest absolute Gasteiger partial charge is 0.299 e. The molecule has 9 heteroatoms. The highest BCUT2D eigenvalue weighted by atomic mass is 32.2. The van der Waals surface area contributed by atoms with Gasteiger partial charge < -0.3 is 0 Å². The second kappa shape index (κ2) is 10.3. The van der Waals surface area contributed by atoms with Gasteiger partial charge in [0.25, 0.3) is 0 Å². The molecule has 2 rings (SSSR count). The van der Waals surface area contributed by atoms with Crippen molar-refractivity contribution in [1.82, 2.24) is 13.9 Å². The Morgan fingerprint density at radius 1 is 0.839 bits per heavy atom. The number of hydrogen-bond acceptors (Lipinski definition) is 5. The van der Waals surface area contributed by atoms with Gasteiger partial charge in [-0.05, 0) is 34.4 Å². The minimum Gasteiger partial charge on any atom is -0.299 e. The Bertz CT molecular complexity index is 933. The smallest absolute Gasteiger partial charge is 0.241 e. The fraction of sp³-hybridized carbons (Fsp3) is 0.727. The highest BCUT2D eigenvalue weighted by Crippen LogP contribution is 2.34. The van der Waals surface area contributed by atoms with Gasteiger partial charge in [0.1, 0.15) is 0 Å². The van der Waals surface area contributed by atoms with E-state index in [1.165, 1.54) is 10.6 Å². The van der Waals surface area contributed by atoms with Crippen molar-refractivity contribution in [2.75, 3.05) is 45.5 Å². The number of rotatable bonds is 9. The third-order valence-corrected chi connectivity index (χ3v) is 8.76. The molecule has 0 spiro atoms. The van der Waals surface area contributed by atoms with E-state index in [1.54, 1.807) is 0 Å². The summed E-state index contributed by atoms with van der Waals surface area (Å²) in [5.74, 6) is 0.504. The maximum atomic E-state index is 13.4. The molecule has 31 heavy (non-hydrogen) atoms. The van der Waals surface area contributed by atoms with Crippen LogP contribution in [0.2, 0.25) is 0 Å². The Labute approximate surface area is 189 Å². The Kier molecular flexibility index (Phi) is 8.72. The van der Waals surface area contributed by atoms with Crippen molar-refractivity contribution in [3.05, 3.63) is 28.8 Å². The first kappa shape index (κ1) is 26.3. The van der Waals surface area contributed by atoms with Crippen molar-refractivity contribution in [3.8, 4) is 0 Å². The Balaban J connectivity index is 2.18. The molecule has 0 aromatic heterocycles. The lowest BCUT2D eigenvalue weighted by atomic mass is 9.89. The molecule has 0 saturated carbocycles. The maximum Gasteiger partial charge on any atom is 0.241 e. The lowest BCUT2D eigenvalue weighted by molar-refractivity contribution is 0.192. The van der Waals surface area contributed by atoms with Crippen molar-refractivity contribution in [2.24, 2.45) is 0 Å². The number of benzene rings is 1. The summed E-state index contributed by atoms with van der Waals surface area (Å²) in [4.78, 5) is 2.52. The molecule has 1 N–H and O–H groups in total. The van der Waals surface area contributed by atoms with Gasteiger partial charge in [-0.25, -0.2) is 21.6 Å². The second-order valence-corrected chi connectivity index (χ2v) is 13.1. The van der Waals surface area contributed by atoms with Crippen molar-refractivity contribution >= 4 is 20.0 Å². The van der Waals surface area contributed by atoms with Crippen LogP contribution in [0.15, 0.2) is 17.0 Å². The molecular formula is C22H39N3O4S2. The van der Waals surface area contributed by atoms with E-state index in [4.69, 9.17) is 0 Å². The molecule has 1 saturated heterocycles. The van der Waals surface area contributed by atoms with Crippen LogP contribution < -0.4 is 4.72 Å². The molecule has 178 valence electrons. The standard InChI is InChI=1S/C22H39N3O4S2/c1-16(2)19-14-20(17(3)4)22(21(15-19)18(5)6)31(28,29)23-8-9-24-10-12-25(13-11-24)30(7,26)27/h14-18,23H,8-13H2,1-7H3. The van der Waals surface area contributed by atoms with Crippen LogP contribution in [0.1, 0.15) is 76.0 Å². The summed E-state index contributed by atoms with van der Waals surface area (Å²) in [6.45, 7) is 15.3. The predicted molar refractivity (Wildman–Crippen MR) is 127 cm³/mol. The van der Waals surface area contributed by atoms with Crippen molar-refractivity contribution in [3.63, 3.8) is 0 Å². The topological polar surface area (TPSA) is 86.8 Å². The molecule has 1 heterocycles. The Morgan fingerprint density at radius 2 is 1.32 bits per heavy atom. The first-order valence-corrected chi connectivity index (χ1v) is 14.4. The van der Waals surface area contributed by atoms with Crippen LogP contribution >= 0.6 is 0 Å². The molecule has 7 nitrogen and oxygen atoms in total. The normalized spacial score (nSPS) is 17.2. The molecule has 0 unspecified atom stereocenters. The monoisotopic (exact) mass is 473 g/mol. The van der Waals surface area contributed by atoms with Gasteiger partial charge in [0.2, 0.25) is 20.0 Å². The molecule has 1 aliphatic rings. The summed E-state index contributed by atoms with van der Waals surface area (Å²) in [5.41, 5.74) is 2.89. The third kappa shape index (κ3) is 6.74. The molecule has 0 radical (unpaired) electrons. The average molecular weight is 474 g/mol. The third-order valence-electron chi connectivity index (χ3n) is 5.87. The number of nitrogens with one attached hydrogen (secondary N) is 1. The summed E-state index contributed by atoms with van der Waals surface area (Å²) < 4.78 is 54.3. The van der Waals surface area contributed by atoms with Crippen LogP contribution in [-0.4, -0.2) is 71.6 Å². The molecule has 0 aliphatic carbocycles. The van der Waals surface area contributed by atoms with Gasteiger partial charge in [-0.1, -0.05) is 53.7 Å². The molecule has 0 amide bonds. The fourth-order valence-corrected chi connectivity index (χ4v) is 6.44. The minimum absolute atomic E-state index is 0.0897. The van der Waals surface area contributed by atoms with Crippen LogP contribution in [-0.2, 0) is 20.0 Å². The van der Waals surface area contributed by atoms with E-state index in [-0.39, 0.29) is 11.8 Å². The van der Waals surface area contributed by atoms with E-state index in [0.29, 0.717) is 50.1 Å². The van der Waals surface area contributed by atoms with E-state index in [2.05, 4.69) is 23.5 Å². The molecule has 1 fully saturated rings. The van der Waals surface area contributed by atoms with Crippen LogP contribution in [0.3, 0.4) is 0 Å². The van der Waals surface area contributed by atoms with Crippen LogP contribution in [0.25, 0.3) is 0 Å². The molecule has 0 atom stereocenters.